The molecule has 4 heteroatoms. The number of fused-ring (bicyclic) bond motifs is 6. The molecule has 5 rings (SSSR count). The van der Waals surface area contributed by atoms with E-state index in [0.29, 0.717) is 30.1 Å². The van der Waals surface area contributed by atoms with Crippen molar-refractivity contribution in [2.24, 2.45) is 46.3 Å². The molecule has 0 amide bonds. The van der Waals surface area contributed by atoms with Crippen LogP contribution in [0.5, 0.6) is 0 Å². The molecule has 1 heterocycles. The molecule has 1 saturated heterocycles. The average Bonchev–Trinajstić information content (AvgIpc) is 3.21. The monoisotopic (exact) mass is 430 g/mol. The number of hydrogen-bond donors (Lipinski definition) is 0. The van der Waals surface area contributed by atoms with Crippen LogP contribution < -0.4 is 0 Å². The Morgan fingerprint density at radius 3 is 2.55 bits per heavy atom. The molecule has 0 aromatic heterocycles. The predicted molar refractivity (Wildman–Crippen MR) is 121 cm³/mol. The van der Waals surface area contributed by atoms with Crippen LogP contribution in [0.2, 0.25) is 0 Å². The maximum Gasteiger partial charge on any atom is 0.312 e. The van der Waals surface area contributed by atoms with Gasteiger partial charge in [-0.2, -0.15) is 0 Å². The molecule has 0 N–H and O–H groups in total. The van der Waals surface area contributed by atoms with Gasteiger partial charge in [0.05, 0.1) is 13.0 Å². The standard InChI is InChI=1S/C26H38O4.CH4/c1-15-6-9-24(3)17(12-15)13-18(23(28)29-5)21-19-7-10-26(11-8-20(27)30-26)25(19,4)14-16(2)22(21)24;/h13,15-16,18-19,21-22H,6-12,14H2,1-5H3;1H4/t15-,16+,18+,19?,21-,22-,24-,25-,26?;/m0./s1. The first-order chi connectivity index (χ1) is 14.1. The topological polar surface area (TPSA) is 52.6 Å². The normalized spacial score (nSPS) is 50.5. The fourth-order valence-corrected chi connectivity index (χ4v) is 9.18. The van der Waals surface area contributed by atoms with Gasteiger partial charge in [0.2, 0.25) is 0 Å². The lowest BCUT2D eigenvalue weighted by atomic mass is 9.42. The van der Waals surface area contributed by atoms with Crippen molar-refractivity contribution >= 4 is 11.9 Å². The zero-order valence-electron chi connectivity index (χ0n) is 19.3. The van der Waals surface area contributed by atoms with Gasteiger partial charge in [0, 0.05) is 11.8 Å². The van der Waals surface area contributed by atoms with E-state index in [0.717, 1.165) is 32.1 Å². The summed E-state index contributed by atoms with van der Waals surface area (Å²) in [4.78, 5) is 25.3. The molecule has 2 unspecified atom stereocenters. The SMILES string of the molecule is C.COC(=O)[C@@H]1C=C2C[C@@H](C)CC[C@]2(C)[C@@H]2[C@@H]1C1CCC3(CCC(=O)O3)[C@@]1(C)C[C@H]2C. The summed E-state index contributed by atoms with van der Waals surface area (Å²) in [6.07, 6.45) is 10.4. The van der Waals surface area contributed by atoms with Crippen LogP contribution in [-0.4, -0.2) is 24.6 Å². The van der Waals surface area contributed by atoms with Gasteiger partial charge in [0.15, 0.2) is 0 Å². The van der Waals surface area contributed by atoms with Crippen LogP contribution in [0.25, 0.3) is 0 Å². The maximum absolute atomic E-state index is 13.1. The van der Waals surface area contributed by atoms with Gasteiger partial charge in [-0.25, -0.2) is 0 Å². The summed E-state index contributed by atoms with van der Waals surface area (Å²) in [5, 5.41) is 0. The fourth-order valence-electron chi connectivity index (χ4n) is 9.18. The molecule has 0 radical (unpaired) electrons. The van der Waals surface area contributed by atoms with E-state index in [2.05, 4.69) is 33.8 Å². The largest absolute Gasteiger partial charge is 0.469 e. The van der Waals surface area contributed by atoms with Gasteiger partial charge in [-0.3, -0.25) is 9.59 Å². The van der Waals surface area contributed by atoms with Crippen molar-refractivity contribution in [1.29, 1.82) is 0 Å². The third-order valence-corrected chi connectivity index (χ3v) is 10.5. The molecule has 3 saturated carbocycles. The molecule has 9 atom stereocenters. The molecule has 31 heavy (non-hydrogen) atoms. The second-order valence-corrected chi connectivity index (χ2v) is 11.8. The fraction of sp³-hybridized carbons (Fsp3) is 0.852. The van der Waals surface area contributed by atoms with Crippen molar-refractivity contribution in [2.75, 3.05) is 7.11 Å². The first kappa shape index (κ1) is 22.9. The Bertz CT molecular complexity index is 801. The number of allylic oxidation sites excluding steroid dienone is 1. The van der Waals surface area contributed by atoms with E-state index in [-0.39, 0.29) is 47.6 Å². The summed E-state index contributed by atoms with van der Waals surface area (Å²) in [5.74, 6) is 2.12. The van der Waals surface area contributed by atoms with Crippen molar-refractivity contribution in [3.05, 3.63) is 11.6 Å². The van der Waals surface area contributed by atoms with Gasteiger partial charge in [0.25, 0.3) is 0 Å². The van der Waals surface area contributed by atoms with E-state index in [4.69, 9.17) is 9.47 Å². The Labute approximate surface area is 188 Å². The smallest absolute Gasteiger partial charge is 0.312 e. The molecule has 0 aromatic carbocycles. The molecule has 4 nitrogen and oxygen atoms in total. The van der Waals surface area contributed by atoms with Crippen LogP contribution in [0.4, 0.5) is 0 Å². The maximum atomic E-state index is 13.1. The Balaban J connectivity index is 0.00000231. The van der Waals surface area contributed by atoms with E-state index in [9.17, 15) is 9.59 Å². The Morgan fingerprint density at radius 2 is 1.90 bits per heavy atom. The van der Waals surface area contributed by atoms with Gasteiger partial charge in [-0.15, -0.1) is 0 Å². The van der Waals surface area contributed by atoms with Crippen molar-refractivity contribution in [3.63, 3.8) is 0 Å². The number of hydrogen-bond acceptors (Lipinski definition) is 4. The molecule has 1 spiro atoms. The van der Waals surface area contributed by atoms with E-state index < -0.39 is 0 Å². The summed E-state index contributed by atoms with van der Waals surface area (Å²) >= 11 is 0. The van der Waals surface area contributed by atoms with Gasteiger partial charge < -0.3 is 9.47 Å². The molecule has 5 aliphatic rings. The van der Waals surface area contributed by atoms with E-state index in [1.807, 2.05) is 0 Å². The second-order valence-electron chi connectivity index (χ2n) is 11.8. The molecule has 4 fully saturated rings. The van der Waals surface area contributed by atoms with Crippen molar-refractivity contribution in [1.82, 2.24) is 0 Å². The van der Waals surface area contributed by atoms with Gasteiger partial charge in [0.1, 0.15) is 5.60 Å². The lowest BCUT2D eigenvalue weighted by molar-refractivity contribution is -0.181. The third kappa shape index (κ3) is 2.92. The number of esters is 2. The summed E-state index contributed by atoms with van der Waals surface area (Å²) < 4.78 is 11.5. The van der Waals surface area contributed by atoms with Crippen LogP contribution in [0, 0.1) is 46.3 Å². The summed E-state index contributed by atoms with van der Waals surface area (Å²) in [5.41, 5.74) is 1.33. The van der Waals surface area contributed by atoms with E-state index in [1.165, 1.54) is 25.5 Å². The average molecular weight is 431 g/mol. The van der Waals surface area contributed by atoms with Gasteiger partial charge >= 0.3 is 11.9 Å². The zero-order chi connectivity index (χ0) is 21.5. The Hall–Kier alpha value is -1.32. The van der Waals surface area contributed by atoms with Crippen molar-refractivity contribution in [3.8, 4) is 0 Å². The first-order valence-electron chi connectivity index (χ1n) is 12.2. The Kier molecular flexibility index (Phi) is 5.42. The summed E-state index contributed by atoms with van der Waals surface area (Å²) in [7, 11) is 1.54. The number of carbonyl (C=O) groups excluding carboxylic acids is 2. The zero-order valence-corrected chi connectivity index (χ0v) is 19.3. The molecule has 4 aliphatic carbocycles. The van der Waals surface area contributed by atoms with Crippen molar-refractivity contribution < 1.29 is 19.1 Å². The number of carbonyl (C=O) groups is 2. The minimum Gasteiger partial charge on any atom is -0.469 e. The number of rotatable bonds is 1. The summed E-state index contributed by atoms with van der Waals surface area (Å²) in [6.45, 7) is 9.60. The van der Waals surface area contributed by atoms with Crippen LogP contribution in [-0.2, 0) is 19.1 Å². The highest BCUT2D eigenvalue weighted by Gasteiger charge is 2.70. The predicted octanol–water partition coefficient (Wildman–Crippen LogP) is 5.94. The highest BCUT2D eigenvalue weighted by molar-refractivity contribution is 5.76. The van der Waals surface area contributed by atoms with Crippen LogP contribution in [0.3, 0.4) is 0 Å². The molecular formula is C27H42O4. The minimum atomic E-state index is -0.319. The van der Waals surface area contributed by atoms with Crippen LogP contribution in [0.15, 0.2) is 11.6 Å². The lowest BCUT2D eigenvalue weighted by Crippen LogP contribution is -2.59. The molecule has 174 valence electrons. The highest BCUT2D eigenvalue weighted by atomic mass is 16.6. The first-order valence-corrected chi connectivity index (χ1v) is 12.2. The number of ether oxygens (including phenoxy) is 2. The molecular weight excluding hydrogens is 388 g/mol. The minimum absolute atomic E-state index is 0. The van der Waals surface area contributed by atoms with E-state index >= 15 is 0 Å². The van der Waals surface area contributed by atoms with Crippen molar-refractivity contribution in [2.45, 2.75) is 92.1 Å². The summed E-state index contributed by atoms with van der Waals surface area (Å²) in [6, 6.07) is 0. The molecule has 1 aliphatic heterocycles. The second kappa shape index (κ2) is 7.35. The van der Waals surface area contributed by atoms with Gasteiger partial charge in [-0.05, 0) is 80.0 Å². The Morgan fingerprint density at radius 1 is 1.16 bits per heavy atom. The molecule has 0 aromatic rings. The molecule has 0 bridgehead atoms. The lowest BCUT2D eigenvalue weighted by Gasteiger charge is -2.62. The highest BCUT2D eigenvalue weighted by Crippen LogP contribution is 2.71. The van der Waals surface area contributed by atoms with Crippen LogP contribution in [0.1, 0.15) is 86.5 Å². The van der Waals surface area contributed by atoms with E-state index in [1.54, 1.807) is 0 Å². The van der Waals surface area contributed by atoms with Gasteiger partial charge in [-0.1, -0.05) is 46.8 Å². The third-order valence-electron chi connectivity index (χ3n) is 10.5. The van der Waals surface area contributed by atoms with Crippen LogP contribution >= 0.6 is 0 Å². The quantitative estimate of drug-likeness (QED) is 0.381. The number of methoxy groups -OCH3 is 1.